The first-order valence-electron chi connectivity index (χ1n) is 9.75. The molecule has 31 heavy (non-hydrogen) atoms. The lowest BCUT2D eigenvalue weighted by molar-refractivity contribution is -0.136. The first-order valence-corrected chi connectivity index (χ1v) is 9.75. The normalized spacial score (nSPS) is 10.9. The predicted octanol–water partition coefficient (Wildman–Crippen LogP) is 3.73. The van der Waals surface area contributed by atoms with Crippen LogP contribution in [0, 0.1) is 5.41 Å². The molecule has 7 nitrogen and oxygen atoms in total. The fourth-order valence-corrected chi connectivity index (χ4v) is 3.59. The fourth-order valence-electron chi connectivity index (χ4n) is 3.59. The van der Waals surface area contributed by atoms with Crippen LogP contribution < -0.4 is 10.5 Å². The number of aliphatic carboxylic acids is 1. The van der Waals surface area contributed by atoms with Crippen LogP contribution in [0.15, 0.2) is 66.7 Å². The van der Waals surface area contributed by atoms with Gasteiger partial charge >= 0.3 is 5.97 Å². The number of rotatable bonds is 7. The second kappa shape index (κ2) is 8.31. The summed E-state index contributed by atoms with van der Waals surface area (Å²) in [5.74, 6) is -0.343. The monoisotopic (exact) mass is 414 g/mol. The summed E-state index contributed by atoms with van der Waals surface area (Å²) in [6.07, 6.45) is -0.101. The summed E-state index contributed by atoms with van der Waals surface area (Å²) in [4.78, 5) is 11.1. The lowest BCUT2D eigenvalue weighted by Gasteiger charge is -2.09. The lowest BCUT2D eigenvalue weighted by atomic mass is 10.0. The van der Waals surface area contributed by atoms with Gasteiger partial charge in [0.15, 0.2) is 0 Å². The number of nitrogens with one attached hydrogen (secondary N) is 1. The van der Waals surface area contributed by atoms with Gasteiger partial charge in [-0.2, -0.15) is 5.10 Å². The summed E-state index contributed by atoms with van der Waals surface area (Å²) in [7, 11) is 1.88. The van der Waals surface area contributed by atoms with E-state index in [1.165, 1.54) is 0 Å². The Labute approximate surface area is 179 Å². The molecular weight excluding hydrogens is 392 g/mol. The molecule has 0 saturated heterocycles. The van der Waals surface area contributed by atoms with Crippen molar-refractivity contribution in [2.75, 3.05) is 0 Å². The van der Waals surface area contributed by atoms with Crippen molar-refractivity contribution in [3.63, 3.8) is 0 Å². The number of carboxylic acids is 1. The second-order valence-electron chi connectivity index (χ2n) is 7.26. The van der Waals surface area contributed by atoms with Crippen LogP contribution in [-0.4, -0.2) is 26.7 Å². The highest BCUT2D eigenvalue weighted by atomic mass is 16.5. The van der Waals surface area contributed by atoms with E-state index in [0.29, 0.717) is 16.9 Å². The molecule has 4 aromatic rings. The average molecular weight is 414 g/mol. The van der Waals surface area contributed by atoms with Crippen molar-refractivity contribution >= 4 is 22.7 Å². The standard InChI is InChI=1S/C24H22N4O3/c1-28-21-10-9-16(15-6-4-7-18(11-15)24(25)26)12-19(21)20(27-28)14-31-22-8-3-2-5-17(22)13-23(29)30/h2-12H,13-14H2,1H3,(H3,25,26)(H,29,30). The Kier molecular flexibility index (Phi) is 5.41. The summed E-state index contributed by atoms with van der Waals surface area (Å²) in [5, 5.41) is 22.3. The molecule has 0 amide bonds. The van der Waals surface area contributed by atoms with Crippen LogP contribution in [0.3, 0.4) is 0 Å². The van der Waals surface area contributed by atoms with Gasteiger partial charge in [0.2, 0.25) is 0 Å². The minimum atomic E-state index is -0.906. The maximum atomic E-state index is 11.1. The van der Waals surface area contributed by atoms with E-state index in [-0.39, 0.29) is 18.9 Å². The minimum absolute atomic E-state index is 0.0263. The third kappa shape index (κ3) is 4.25. The fraction of sp³-hybridized carbons (Fsp3) is 0.125. The lowest BCUT2D eigenvalue weighted by Crippen LogP contribution is -2.10. The Balaban J connectivity index is 1.67. The predicted molar refractivity (Wildman–Crippen MR) is 119 cm³/mol. The molecule has 4 N–H and O–H groups in total. The van der Waals surface area contributed by atoms with Crippen molar-refractivity contribution in [1.82, 2.24) is 9.78 Å². The molecule has 4 rings (SSSR count). The quantitative estimate of drug-likeness (QED) is 0.315. The molecule has 156 valence electrons. The van der Waals surface area contributed by atoms with Gasteiger partial charge in [-0.3, -0.25) is 14.9 Å². The van der Waals surface area contributed by atoms with Crippen molar-refractivity contribution in [2.24, 2.45) is 12.8 Å². The summed E-state index contributed by atoms with van der Waals surface area (Å²) in [6.45, 7) is 0.213. The summed E-state index contributed by atoms with van der Waals surface area (Å²) in [6, 6.07) is 20.7. The van der Waals surface area contributed by atoms with E-state index in [9.17, 15) is 4.79 Å². The van der Waals surface area contributed by atoms with Crippen LogP contribution in [0.1, 0.15) is 16.8 Å². The number of aryl methyl sites for hydroxylation is 1. The number of benzene rings is 3. The van der Waals surface area contributed by atoms with Gasteiger partial charge < -0.3 is 15.6 Å². The first-order chi connectivity index (χ1) is 14.9. The maximum absolute atomic E-state index is 11.1. The number of ether oxygens (including phenoxy) is 1. The molecule has 7 heteroatoms. The van der Waals surface area contributed by atoms with Crippen molar-refractivity contribution in [2.45, 2.75) is 13.0 Å². The minimum Gasteiger partial charge on any atom is -0.487 e. The maximum Gasteiger partial charge on any atom is 0.307 e. The van der Waals surface area contributed by atoms with E-state index in [1.54, 1.807) is 22.9 Å². The number of nitrogens with two attached hydrogens (primary N) is 1. The number of carbonyl (C=O) groups is 1. The van der Waals surface area contributed by atoms with E-state index in [4.69, 9.17) is 21.0 Å². The molecule has 0 saturated carbocycles. The Morgan fingerprint density at radius 2 is 1.87 bits per heavy atom. The Morgan fingerprint density at radius 3 is 2.65 bits per heavy atom. The number of carboxylic acid groups (broad SMARTS) is 1. The average Bonchev–Trinajstić information content (AvgIpc) is 3.08. The van der Waals surface area contributed by atoms with E-state index in [0.717, 1.165) is 27.7 Å². The zero-order valence-electron chi connectivity index (χ0n) is 17.0. The molecule has 1 aromatic heterocycles. The Hall–Kier alpha value is -4.13. The van der Waals surface area contributed by atoms with Gasteiger partial charge in [-0.25, -0.2) is 0 Å². The van der Waals surface area contributed by atoms with Crippen molar-refractivity contribution in [3.8, 4) is 16.9 Å². The molecule has 1 heterocycles. The van der Waals surface area contributed by atoms with Crippen molar-refractivity contribution in [1.29, 1.82) is 5.41 Å². The van der Waals surface area contributed by atoms with E-state index in [2.05, 4.69) is 5.10 Å². The highest BCUT2D eigenvalue weighted by Crippen LogP contribution is 2.28. The number of para-hydroxylation sites is 1. The molecule has 0 aliphatic carbocycles. The summed E-state index contributed by atoms with van der Waals surface area (Å²) in [5.41, 5.74) is 10.6. The molecule has 3 aromatic carbocycles. The Morgan fingerprint density at radius 1 is 1.10 bits per heavy atom. The van der Waals surface area contributed by atoms with Gasteiger partial charge in [0.1, 0.15) is 23.9 Å². The largest absolute Gasteiger partial charge is 0.487 e. The third-order valence-electron chi connectivity index (χ3n) is 5.11. The zero-order chi connectivity index (χ0) is 22.0. The van der Waals surface area contributed by atoms with Crippen molar-refractivity contribution in [3.05, 3.63) is 83.6 Å². The molecule has 0 unspecified atom stereocenters. The van der Waals surface area contributed by atoms with E-state index < -0.39 is 5.97 Å². The van der Waals surface area contributed by atoms with Gasteiger partial charge in [0, 0.05) is 23.6 Å². The molecule has 0 aliphatic heterocycles. The molecule has 0 aliphatic rings. The SMILES string of the molecule is Cn1nc(COc2ccccc2CC(=O)O)c2cc(-c3cccc(C(=N)N)c3)ccc21. The molecule has 0 radical (unpaired) electrons. The number of hydrogen-bond donors (Lipinski definition) is 3. The first kappa shape index (κ1) is 20.2. The van der Waals surface area contributed by atoms with E-state index >= 15 is 0 Å². The molecule has 0 bridgehead atoms. The number of hydrogen-bond acceptors (Lipinski definition) is 4. The van der Waals surface area contributed by atoms with Crippen LogP contribution in [0.5, 0.6) is 5.75 Å². The van der Waals surface area contributed by atoms with Gasteiger partial charge in [-0.1, -0.05) is 42.5 Å². The number of fused-ring (bicyclic) bond motifs is 1. The highest BCUT2D eigenvalue weighted by molar-refractivity contribution is 5.96. The third-order valence-corrected chi connectivity index (χ3v) is 5.11. The second-order valence-corrected chi connectivity index (χ2v) is 7.26. The van der Waals surface area contributed by atoms with Gasteiger partial charge in [-0.15, -0.1) is 0 Å². The highest BCUT2D eigenvalue weighted by Gasteiger charge is 2.13. The summed E-state index contributed by atoms with van der Waals surface area (Å²) >= 11 is 0. The van der Waals surface area contributed by atoms with Crippen molar-refractivity contribution < 1.29 is 14.6 Å². The smallest absolute Gasteiger partial charge is 0.307 e. The number of aromatic nitrogens is 2. The van der Waals surface area contributed by atoms with Gasteiger partial charge in [-0.05, 0) is 35.4 Å². The van der Waals surface area contributed by atoms with Crippen LogP contribution in [0.2, 0.25) is 0 Å². The van der Waals surface area contributed by atoms with Gasteiger partial charge in [0.25, 0.3) is 0 Å². The number of amidine groups is 1. The van der Waals surface area contributed by atoms with Gasteiger partial charge in [0.05, 0.1) is 11.9 Å². The molecule has 0 atom stereocenters. The molecule has 0 fully saturated rings. The van der Waals surface area contributed by atoms with Crippen LogP contribution in [0.25, 0.3) is 22.0 Å². The van der Waals surface area contributed by atoms with Crippen LogP contribution >= 0.6 is 0 Å². The number of nitrogen functional groups attached to an aromatic ring is 1. The molecule has 0 spiro atoms. The topological polar surface area (TPSA) is 114 Å². The molecular formula is C24H22N4O3. The van der Waals surface area contributed by atoms with Crippen LogP contribution in [-0.2, 0) is 24.9 Å². The summed E-state index contributed by atoms with van der Waals surface area (Å²) < 4.78 is 7.76. The Bertz CT molecular complexity index is 1290. The number of nitrogens with zero attached hydrogens (tertiary/aromatic N) is 2. The zero-order valence-corrected chi connectivity index (χ0v) is 17.0. The van der Waals surface area contributed by atoms with Crippen LogP contribution in [0.4, 0.5) is 0 Å². The van der Waals surface area contributed by atoms with E-state index in [1.807, 2.05) is 55.6 Å².